The molecule has 0 aliphatic carbocycles. The fourth-order valence-electron chi connectivity index (χ4n) is 3.40. The molecule has 4 rings (SSSR count). The minimum atomic E-state index is -0.00764. The molecule has 0 saturated carbocycles. The third-order valence-electron chi connectivity index (χ3n) is 4.71. The Morgan fingerprint density at radius 3 is 2.52 bits per heavy atom. The zero-order chi connectivity index (χ0) is 17.4. The van der Waals surface area contributed by atoms with Crippen LogP contribution in [0.3, 0.4) is 0 Å². The second-order valence-electron chi connectivity index (χ2n) is 6.37. The average molecular weight is 412 g/mol. The van der Waals surface area contributed by atoms with Gasteiger partial charge in [0, 0.05) is 21.5 Å². The summed E-state index contributed by atoms with van der Waals surface area (Å²) in [6.45, 7) is 2.84. The summed E-state index contributed by atoms with van der Waals surface area (Å²) in [7, 11) is 0. The van der Waals surface area contributed by atoms with Crippen molar-refractivity contribution in [3.05, 3.63) is 91.6 Å². The summed E-state index contributed by atoms with van der Waals surface area (Å²) in [4.78, 5) is 16.6. The first-order chi connectivity index (χ1) is 12.1. The van der Waals surface area contributed by atoms with E-state index >= 15 is 0 Å². The van der Waals surface area contributed by atoms with Crippen molar-refractivity contribution in [1.29, 1.82) is 0 Å². The average Bonchev–Trinajstić information content (AvgIpc) is 3.10. The summed E-state index contributed by atoms with van der Waals surface area (Å²) in [5, 5.41) is 2.14. The highest BCUT2D eigenvalue weighted by atomic mass is 79.9. The second-order valence-corrected chi connectivity index (χ2v) is 8.28. The SMILES string of the molecule is Cc1ccc([C@@H]2c3ccsc3CCN2C(=O)c2ccc(Br)cc2)cc1. The molecule has 1 atom stereocenters. The number of thiophene rings is 1. The topological polar surface area (TPSA) is 20.3 Å². The zero-order valence-corrected chi connectivity index (χ0v) is 16.3. The van der Waals surface area contributed by atoms with Crippen molar-refractivity contribution in [3.63, 3.8) is 0 Å². The lowest BCUT2D eigenvalue weighted by atomic mass is 9.92. The van der Waals surface area contributed by atoms with Gasteiger partial charge in [-0.05, 0) is 60.2 Å². The van der Waals surface area contributed by atoms with Gasteiger partial charge in [-0.3, -0.25) is 4.79 Å². The van der Waals surface area contributed by atoms with Crippen LogP contribution in [0.4, 0.5) is 0 Å². The summed E-state index contributed by atoms with van der Waals surface area (Å²) in [6.07, 6.45) is 0.928. The van der Waals surface area contributed by atoms with Gasteiger partial charge in [-0.2, -0.15) is 0 Å². The van der Waals surface area contributed by atoms with Gasteiger partial charge >= 0.3 is 0 Å². The Bertz CT molecular complexity index is 898. The summed E-state index contributed by atoms with van der Waals surface area (Å²) in [5.74, 6) is 0.0925. The maximum absolute atomic E-state index is 13.2. The van der Waals surface area contributed by atoms with E-state index in [2.05, 4.69) is 58.6 Å². The standard InChI is InChI=1S/C21H18BrNOS/c1-14-2-4-15(5-3-14)20-18-11-13-25-19(18)10-12-23(20)21(24)16-6-8-17(22)9-7-16/h2-9,11,13,20H,10,12H2,1H3/t20-/m1/s1. The molecule has 3 aromatic rings. The second kappa shape index (κ2) is 6.77. The molecule has 0 N–H and O–H groups in total. The van der Waals surface area contributed by atoms with Crippen LogP contribution in [0.2, 0.25) is 0 Å². The lowest BCUT2D eigenvalue weighted by molar-refractivity contribution is 0.0696. The molecule has 126 valence electrons. The van der Waals surface area contributed by atoms with Crippen molar-refractivity contribution in [2.45, 2.75) is 19.4 Å². The highest BCUT2D eigenvalue weighted by molar-refractivity contribution is 9.10. The lowest BCUT2D eigenvalue weighted by Gasteiger charge is -2.36. The Morgan fingerprint density at radius 2 is 1.80 bits per heavy atom. The number of aryl methyl sites for hydroxylation is 1. The molecule has 2 heterocycles. The molecular weight excluding hydrogens is 394 g/mol. The van der Waals surface area contributed by atoms with Crippen LogP contribution in [-0.4, -0.2) is 17.4 Å². The van der Waals surface area contributed by atoms with E-state index in [4.69, 9.17) is 0 Å². The molecule has 0 bridgehead atoms. The van der Waals surface area contributed by atoms with Gasteiger partial charge in [0.05, 0.1) is 6.04 Å². The van der Waals surface area contributed by atoms with Gasteiger partial charge in [0.1, 0.15) is 0 Å². The molecule has 1 aromatic heterocycles. The number of carbonyl (C=O) groups is 1. The van der Waals surface area contributed by atoms with Gasteiger partial charge in [0.15, 0.2) is 0 Å². The maximum Gasteiger partial charge on any atom is 0.254 e. The largest absolute Gasteiger partial charge is 0.327 e. The van der Waals surface area contributed by atoms with Crippen LogP contribution in [0.5, 0.6) is 0 Å². The summed E-state index contributed by atoms with van der Waals surface area (Å²) >= 11 is 5.23. The molecule has 25 heavy (non-hydrogen) atoms. The molecule has 2 nitrogen and oxygen atoms in total. The number of halogens is 1. The Labute approximate surface area is 160 Å². The van der Waals surface area contributed by atoms with Crippen LogP contribution in [0.15, 0.2) is 64.5 Å². The number of carbonyl (C=O) groups excluding carboxylic acids is 1. The van der Waals surface area contributed by atoms with Crippen LogP contribution in [0.25, 0.3) is 0 Å². The number of amides is 1. The Kier molecular flexibility index (Phi) is 4.48. The molecule has 2 aromatic carbocycles. The molecule has 0 radical (unpaired) electrons. The van der Waals surface area contributed by atoms with Crippen LogP contribution >= 0.6 is 27.3 Å². The molecule has 1 amide bonds. The lowest BCUT2D eigenvalue weighted by Crippen LogP contribution is -2.40. The first-order valence-corrected chi connectivity index (χ1v) is 10.00. The van der Waals surface area contributed by atoms with Crippen molar-refractivity contribution in [3.8, 4) is 0 Å². The number of hydrogen-bond acceptors (Lipinski definition) is 2. The van der Waals surface area contributed by atoms with Crippen molar-refractivity contribution in [2.75, 3.05) is 6.54 Å². The minimum absolute atomic E-state index is 0.00764. The van der Waals surface area contributed by atoms with Gasteiger partial charge in [-0.1, -0.05) is 45.8 Å². The van der Waals surface area contributed by atoms with Crippen LogP contribution in [-0.2, 0) is 6.42 Å². The monoisotopic (exact) mass is 411 g/mol. The predicted molar refractivity (Wildman–Crippen MR) is 106 cm³/mol. The van der Waals surface area contributed by atoms with E-state index in [9.17, 15) is 4.79 Å². The number of hydrogen-bond donors (Lipinski definition) is 0. The Balaban J connectivity index is 1.76. The van der Waals surface area contributed by atoms with Crippen molar-refractivity contribution in [1.82, 2.24) is 4.90 Å². The van der Waals surface area contributed by atoms with E-state index in [1.807, 2.05) is 29.2 Å². The number of benzene rings is 2. The highest BCUT2D eigenvalue weighted by Gasteiger charge is 2.33. The van der Waals surface area contributed by atoms with Gasteiger partial charge in [-0.15, -0.1) is 11.3 Å². The molecule has 0 unspecified atom stereocenters. The summed E-state index contributed by atoms with van der Waals surface area (Å²) < 4.78 is 0.984. The molecule has 0 spiro atoms. The molecule has 0 fully saturated rings. The van der Waals surface area contributed by atoms with Crippen LogP contribution in [0, 0.1) is 6.92 Å². The van der Waals surface area contributed by atoms with Crippen molar-refractivity contribution < 1.29 is 4.79 Å². The van der Waals surface area contributed by atoms with Gasteiger partial charge in [0.25, 0.3) is 5.91 Å². The third-order valence-corrected chi connectivity index (χ3v) is 6.24. The molecule has 0 saturated heterocycles. The maximum atomic E-state index is 13.2. The van der Waals surface area contributed by atoms with E-state index in [1.165, 1.54) is 21.6 Å². The first-order valence-electron chi connectivity index (χ1n) is 8.33. The van der Waals surface area contributed by atoms with E-state index in [0.717, 1.165) is 23.0 Å². The first kappa shape index (κ1) is 16.6. The van der Waals surface area contributed by atoms with Crippen molar-refractivity contribution >= 4 is 33.2 Å². The van der Waals surface area contributed by atoms with E-state index in [1.54, 1.807) is 11.3 Å². The van der Waals surface area contributed by atoms with Gasteiger partial charge in [0.2, 0.25) is 0 Å². The zero-order valence-electron chi connectivity index (χ0n) is 13.9. The van der Waals surface area contributed by atoms with Crippen LogP contribution < -0.4 is 0 Å². The van der Waals surface area contributed by atoms with E-state index in [0.29, 0.717) is 0 Å². The number of fused-ring (bicyclic) bond motifs is 1. The number of rotatable bonds is 2. The minimum Gasteiger partial charge on any atom is -0.327 e. The quantitative estimate of drug-likeness (QED) is 0.536. The van der Waals surface area contributed by atoms with Gasteiger partial charge < -0.3 is 4.90 Å². The molecular formula is C21H18BrNOS. The molecule has 1 aliphatic rings. The summed E-state index contributed by atoms with van der Waals surface area (Å²) in [6, 6.07) is 18.3. The third kappa shape index (κ3) is 3.16. The van der Waals surface area contributed by atoms with Gasteiger partial charge in [-0.25, -0.2) is 0 Å². The fourth-order valence-corrected chi connectivity index (χ4v) is 4.57. The molecule has 4 heteroatoms. The Hall–Kier alpha value is -1.91. The Morgan fingerprint density at radius 1 is 1.08 bits per heavy atom. The van der Waals surface area contributed by atoms with Crippen LogP contribution in [0.1, 0.15) is 38.0 Å². The highest BCUT2D eigenvalue weighted by Crippen LogP contribution is 2.38. The van der Waals surface area contributed by atoms with E-state index < -0.39 is 0 Å². The molecule has 1 aliphatic heterocycles. The van der Waals surface area contributed by atoms with Crippen molar-refractivity contribution in [2.24, 2.45) is 0 Å². The predicted octanol–water partition coefficient (Wildman–Crippen LogP) is 5.61. The smallest absolute Gasteiger partial charge is 0.254 e. The van der Waals surface area contributed by atoms with E-state index in [-0.39, 0.29) is 11.9 Å². The number of nitrogens with zero attached hydrogens (tertiary/aromatic N) is 1. The fraction of sp³-hybridized carbons (Fsp3) is 0.190. The summed E-state index contributed by atoms with van der Waals surface area (Å²) in [5.41, 5.74) is 4.41. The normalized spacial score (nSPS) is 16.6.